The van der Waals surface area contributed by atoms with Gasteiger partial charge < -0.3 is 9.30 Å². The lowest BCUT2D eigenvalue weighted by molar-refractivity contribution is 0.414. The van der Waals surface area contributed by atoms with Gasteiger partial charge in [-0.2, -0.15) is 10.1 Å². The number of anilines is 1. The minimum Gasteiger partial charge on any atom is -0.496 e. The van der Waals surface area contributed by atoms with Crippen molar-refractivity contribution in [2.75, 3.05) is 12.5 Å². The van der Waals surface area contributed by atoms with Crippen LogP contribution in [0.5, 0.6) is 5.75 Å². The van der Waals surface area contributed by atoms with Crippen LogP contribution in [0.3, 0.4) is 0 Å². The molecule has 0 atom stereocenters. The van der Waals surface area contributed by atoms with Crippen LogP contribution in [0.2, 0.25) is 0 Å². The number of hydrazone groups is 1. The van der Waals surface area contributed by atoms with Crippen LogP contribution >= 0.6 is 0 Å². The van der Waals surface area contributed by atoms with E-state index in [1.165, 1.54) is 0 Å². The van der Waals surface area contributed by atoms with Crippen molar-refractivity contribution in [1.29, 1.82) is 0 Å². The predicted octanol–water partition coefficient (Wildman–Crippen LogP) is 3.45. The maximum atomic E-state index is 5.30. The van der Waals surface area contributed by atoms with E-state index in [-0.39, 0.29) is 0 Å². The summed E-state index contributed by atoms with van der Waals surface area (Å²) in [6.45, 7) is 2.88. The molecule has 4 aromatic rings. The van der Waals surface area contributed by atoms with Gasteiger partial charge in [0.25, 0.3) is 5.95 Å². The second-order valence-electron chi connectivity index (χ2n) is 5.68. The van der Waals surface area contributed by atoms with Crippen molar-refractivity contribution in [3.8, 4) is 5.75 Å². The Kier molecular flexibility index (Phi) is 4.18. The molecule has 4 rings (SSSR count). The molecule has 0 bridgehead atoms. The number of rotatable bonds is 5. The zero-order valence-corrected chi connectivity index (χ0v) is 14.5. The first-order valence-corrected chi connectivity index (χ1v) is 8.35. The lowest BCUT2D eigenvalue weighted by Gasteiger charge is -2.04. The molecule has 2 heterocycles. The third-order valence-electron chi connectivity index (χ3n) is 4.20. The monoisotopic (exact) mass is 346 g/mol. The van der Waals surface area contributed by atoms with Crippen molar-refractivity contribution < 1.29 is 4.74 Å². The molecule has 2 aromatic carbocycles. The lowest BCUT2D eigenvalue weighted by Crippen LogP contribution is -2.02. The van der Waals surface area contributed by atoms with Crippen molar-refractivity contribution in [2.24, 2.45) is 5.10 Å². The quantitative estimate of drug-likeness (QED) is 0.442. The van der Waals surface area contributed by atoms with E-state index in [1.54, 1.807) is 13.3 Å². The van der Waals surface area contributed by atoms with Gasteiger partial charge in [0.15, 0.2) is 5.65 Å². The van der Waals surface area contributed by atoms with Gasteiger partial charge in [-0.3, -0.25) is 0 Å². The summed E-state index contributed by atoms with van der Waals surface area (Å²) in [5.41, 5.74) is 6.39. The third kappa shape index (κ3) is 2.73. The van der Waals surface area contributed by atoms with Gasteiger partial charge in [0, 0.05) is 17.5 Å². The Morgan fingerprint density at radius 3 is 2.77 bits per heavy atom. The predicted molar refractivity (Wildman–Crippen MR) is 103 cm³/mol. The van der Waals surface area contributed by atoms with Crippen LogP contribution in [0.25, 0.3) is 22.1 Å². The number of benzene rings is 2. The molecule has 0 saturated heterocycles. The smallest absolute Gasteiger partial charge is 0.265 e. The molecule has 0 amide bonds. The summed E-state index contributed by atoms with van der Waals surface area (Å²) in [7, 11) is 1.63. The Labute approximate surface area is 150 Å². The van der Waals surface area contributed by atoms with Crippen LogP contribution in [-0.2, 0) is 6.54 Å². The second kappa shape index (κ2) is 6.79. The Morgan fingerprint density at radius 2 is 1.92 bits per heavy atom. The SMILES string of the molecule is CCn1c2ccccc2c2nnc(N/N=C/c3ccccc3OC)nc21. The summed E-state index contributed by atoms with van der Waals surface area (Å²) < 4.78 is 7.42. The van der Waals surface area contributed by atoms with E-state index in [0.717, 1.165) is 39.9 Å². The van der Waals surface area contributed by atoms with Crippen LogP contribution < -0.4 is 10.2 Å². The molecule has 26 heavy (non-hydrogen) atoms. The Balaban J connectivity index is 1.67. The van der Waals surface area contributed by atoms with Crippen molar-refractivity contribution in [2.45, 2.75) is 13.5 Å². The molecule has 0 aliphatic rings. The maximum absolute atomic E-state index is 5.30. The van der Waals surface area contributed by atoms with Crippen LogP contribution in [0.15, 0.2) is 53.6 Å². The van der Waals surface area contributed by atoms with Gasteiger partial charge in [-0.15, -0.1) is 10.2 Å². The van der Waals surface area contributed by atoms with Gasteiger partial charge in [0.05, 0.1) is 18.8 Å². The molecule has 0 spiro atoms. The third-order valence-corrected chi connectivity index (χ3v) is 4.20. The molecule has 2 aromatic heterocycles. The van der Waals surface area contributed by atoms with Crippen LogP contribution in [0.1, 0.15) is 12.5 Å². The van der Waals surface area contributed by atoms with E-state index in [1.807, 2.05) is 42.5 Å². The van der Waals surface area contributed by atoms with Crippen molar-refractivity contribution in [3.63, 3.8) is 0 Å². The molecule has 7 heteroatoms. The molecule has 130 valence electrons. The van der Waals surface area contributed by atoms with Gasteiger partial charge in [-0.1, -0.05) is 30.3 Å². The molecular formula is C19H18N6O. The van der Waals surface area contributed by atoms with E-state index >= 15 is 0 Å². The topological polar surface area (TPSA) is 77.2 Å². The van der Waals surface area contributed by atoms with Crippen molar-refractivity contribution in [3.05, 3.63) is 54.1 Å². The van der Waals surface area contributed by atoms with Gasteiger partial charge in [-0.25, -0.2) is 5.43 Å². The first-order chi connectivity index (χ1) is 12.8. The number of hydrogen-bond acceptors (Lipinski definition) is 6. The fourth-order valence-corrected chi connectivity index (χ4v) is 3.00. The van der Waals surface area contributed by atoms with Gasteiger partial charge in [-0.05, 0) is 25.1 Å². The van der Waals surface area contributed by atoms with Gasteiger partial charge in [0.2, 0.25) is 0 Å². The summed E-state index contributed by atoms with van der Waals surface area (Å²) in [6, 6.07) is 15.7. The number of fused-ring (bicyclic) bond motifs is 3. The van der Waals surface area contributed by atoms with Crippen LogP contribution in [-0.4, -0.2) is 33.1 Å². The molecule has 0 fully saturated rings. The molecule has 0 radical (unpaired) electrons. The number of methoxy groups -OCH3 is 1. The molecule has 0 unspecified atom stereocenters. The van der Waals surface area contributed by atoms with Crippen molar-refractivity contribution >= 4 is 34.2 Å². The average molecular weight is 346 g/mol. The molecule has 0 saturated carbocycles. The van der Waals surface area contributed by atoms with Gasteiger partial charge in [0.1, 0.15) is 11.3 Å². The summed E-state index contributed by atoms with van der Waals surface area (Å²) in [6.07, 6.45) is 1.67. The first kappa shape index (κ1) is 16.0. The average Bonchev–Trinajstić information content (AvgIpc) is 3.01. The highest BCUT2D eigenvalue weighted by atomic mass is 16.5. The highest BCUT2D eigenvalue weighted by Gasteiger charge is 2.13. The van der Waals surface area contributed by atoms with E-state index in [4.69, 9.17) is 4.74 Å². The number of hydrogen-bond donors (Lipinski definition) is 1. The fourth-order valence-electron chi connectivity index (χ4n) is 3.00. The number of aryl methyl sites for hydroxylation is 1. The summed E-state index contributed by atoms with van der Waals surface area (Å²) in [5, 5.41) is 13.7. The zero-order valence-electron chi connectivity index (χ0n) is 14.5. The van der Waals surface area contributed by atoms with E-state index in [2.05, 4.69) is 43.3 Å². The second-order valence-corrected chi connectivity index (χ2v) is 5.68. The number of aromatic nitrogens is 4. The molecule has 7 nitrogen and oxygen atoms in total. The van der Waals surface area contributed by atoms with E-state index < -0.39 is 0 Å². The molecular weight excluding hydrogens is 328 g/mol. The molecule has 0 aliphatic heterocycles. The first-order valence-electron chi connectivity index (χ1n) is 8.35. The summed E-state index contributed by atoms with van der Waals surface area (Å²) in [4.78, 5) is 4.59. The summed E-state index contributed by atoms with van der Waals surface area (Å²) >= 11 is 0. The largest absolute Gasteiger partial charge is 0.496 e. The minimum atomic E-state index is 0.348. The number of ether oxygens (including phenoxy) is 1. The maximum Gasteiger partial charge on any atom is 0.265 e. The Hall–Kier alpha value is -3.48. The van der Waals surface area contributed by atoms with E-state index in [0.29, 0.717) is 5.95 Å². The van der Waals surface area contributed by atoms with E-state index in [9.17, 15) is 0 Å². The fraction of sp³-hybridized carbons (Fsp3) is 0.158. The number of para-hydroxylation sites is 2. The number of nitrogens with zero attached hydrogens (tertiary/aromatic N) is 5. The van der Waals surface area contributed by atoms with Gasteiger partial charge >= 0.3 is 0 Å². The van der Waals surface area contributed by atoms with Crippen molar-refractivity contribution in [1.82, 2.24) is 19.7 Å². The lowest BCUT2D eigenvalue weighted by atomic mass is 10.2. The zero-order chi connectivity index (χ0) is 17.9. The van der Waals surface area contributed by atoms with Crippen LogP contribution in [0.4, 0.5) is 5.95 Å². The van der Waals surface area contributed by atoms with Crippen LogP contribution in [0, 0.1) is 0 Å². The standard InChI is InChI=1S/C19H18N6O/c1-3-25-15-10-6-5-9-14(15)17-18(25)21-19(24-22-17)23-20-12-13-8-4-7-11-16(13)26-2/h4-12H,3H2,1-2H3,(H,21,23,24)/b20-12+. The highest BCUT2D eigenvalue weighted by Crippen LogP contribution is 2.26. The number of nitrogens with one attached hydrogen (secondary N) is 1. The highest BCUT2D eigenvalue weighted by molar-refractivity contribution is 6.04. The molecule has 1 N–H and O–H groups in total. The minimum absolute atomic E-state index is 0.348. The Morgan fingerprint density at radius 1 is 1.12 bits per heavy atom. The normalized spacial score (nSPS) is 11.5. The molecule has 0 aliphatic carbocycles. The summed E-state index contributed by atoms with van der Waals surface area (Å²) in [5.74, 6) is 1.10. The Bertz CT molecular complexity index is 1100.